The van der Waals surface area contributed by atoms with E-state index in [9.17, 15) is 18.3 Å². The fraction of sp³-hybridized carbons (Fsp3) is 0.278. The number of rotatable bonds is 7. The molecule has 0 atom stereocenters. The fourth-order valence-electron chi connectivity index (χ4n) is 2.86. The van der Waals surface area contributed by atoms with Crippen LogP contribution in [0.4, 0.5) is 5.69 Å². The number of benzene rings is 1. The van der Waals surface area contributed by atoms with E-state index < -0.39 is 10.0 Å². The third-order valence-corrected chi connectivity index (χ3v) is 7.82. The van der Waals surface area contributed by atoms with Crippen molar-refractivity contribution in [3.8, 4) is 11.5 Å². The molecule has 0 radical (unpaired) electrons. The van der Waals surface area contributed by atoms with Gasteiger partial charge in [0.1, 0.15) is 4.21 Å². The average Bonchev–Trinajstić information content (AvgIpc) is 3.33. The lowest BCUT2D eigenvalue weighted by atomic mass is 10.1. The molecule has 2 aromatic rings. The van der Waals surface area contributed by atoms with Crippen LogP contribution in [0.25, 0.3) is 6.08 Å². The molecule has 1 amide bonds. The number of amides is 1. The fourth-order valence-corrected chi connectivity index (χ4v) is 5.69. The van der Waals surface area contributed by atoms with Gasteiger partial charge in [0.2, 0.25) is 5.91 Å². The first kappa shape index (κ1) is 20.6. The van der Waals surface area contributed by atoms with Gasteiger partial charge in [-0.1, -0.05) is 6.07 Å². The normalized spacial score (nSPS) is 14.8. The van der Waals surface area contributed by atoms with Gasteiger partial charge in [0.05, 0.1) is 12.8 Å². The zero-order chi connectivity index (χ0) is 20.3. The van der Waals surface area contributed by atoms with Crippen molar-refractivity contribution in [2.24, 2.45) is 0 Å². The minimum atomic E-state index is -3.77. The number of nitrogens with one attached hydrogen (secondary N) is 1. The number of aromatic hydroxyl groups is 1. The topological polar surface area (TPSA) is 95.9 Å². The maximum absolute atomic E-state index is 12.7. The summed E-state index contributed by atoms with van der Waals surface area (Å²) in [5.41, 5.74) is 0.679. The molecular formula is C18H20N2O5S3. The van der Waals surface area contributed by atoms with Crippen molar-refractivity contribution >= 4 is 50.8 Å². The van der Waals surface area contributed by atoms with E-state index in [-0.39, 0.29) is 21.6 Å². The minimum absolute atomic E-state index is 0.0166. The number of thiophene rings is 1. The molecule has 0 unspecified atom stereocenters. The van der Waals surface area contributed by atoms with Crippen LogP contribution in [0.2, 0.25) is 0 Å². The second kappa shape index (κ2) is 8.46. The Morgan fingerprint density at radius 3 is 2.79 bits per heavy atom. The van der Waals surface area contributed by atoms with Crippen LogP contribution in [-0.2, 0) is 14.8 Å². The number of nitrogens with zero attached hydrogens (tertiary/aromatic N) is 1. The highest BCUT2D eigenvalue weighted by atomic mass is 32.2. The van der Waals surface area contributed by atoms with Gasteiger partial charge in [-0.25, -0.2) is 8.42 Å². The largest absolute Gasteiger partial charge is 0.504 e. The molecule has 1 aliphatic heterocycles. The van der Waals surface area contributed by atoms with Gasteiger partial charge < -0.3 is 14.7 Å². The summed E-state index contributed by atoms with van der Waals surface area (Å²) in [4.78, 5) is 13.9. The number of phenolic OH excluding ortho intramolecular Hbond substituents is 1. The summed E-state index contributed by atoms with van der Waals surface area (Å²) in [6.45, 7) is 0.618. The second-order valence-corrected chi connectivity index (χ2v) is 9.64. The van der Waals surface area contributed by atoms with Gasteiger partial charge in [0.25, 0.3) is 10.0 Å². The highest BCUT2D eigenvalue weighted by Crippen LogP contribution is 2.43. The first-order chi connectivity index (χ1) is 13.4. The van der Waals surface area contributed by atoms with Crippen molar-refractivity contribution in [3.05, 3.63) is 35.3 Å². The average molecular weight is 441 g/mol. The summed E-state index contributed by atoms with van der Waals surface area (Å²) >= 11 is 2.39. The third-order valence-electron chi connectivity index (χ3n) is 4.21. The van der Waals surface area contributed by atoms with Gasteiger partial charge >= 0.3 is 0 Å². The van der Waals surface area contributed by atoms with Crippen molar-refractivity contribution in [2.75, 3.05) is 24.6 Å². The number of thioether (sulfide) groups is 1. The minimum Gasteiger partial charge on any atom is -0.504 e. The van der Waals surface area contributed by atoms with E-state index in [1.807, 2.05) is 0 Å². The van der Waals surface area contributed by atoms with Crippen LogP contribution in [0, 0.1) is 0 Å². The van der Waals surface area contributed by atoms with E-state index in [1.54, 1.807) is 34.9 Å². The van der Waals surface area contributed by atoms with E-state index in [1.165, 1.54) is 31.0 Å². The molecule has 1 aliphatic rings. The number of sulfonamides is 1. The predicted octanol–water partition coefficient (Wildman–Crippen LogP) is 3.58. The van der Waals surface area contributed by atoms with Gasteiger partial charge in [0, 0.05) is 35.7 Å². The Hall–Kier alpha value is -2.17. The molecule has 0 bridgehead atoms. The van der Waals surface area contributed by atoms with Crippen LogP contribution in [0.3, 0.4) is 0 Å². The molecular weight excluding hydrogens is 420 g/mol. The smallest absolute Gasteiger partial charge is 0.271 e. The standard InChI is InChI=1S/C18H20N2O5S3/c1-25-14-11-13(19-28(23,24)16-6-4-10-27-16)18(26-2)12(17(14)22)7-9-20-8-3-5-15(20)21/h4,6-7,9-11,19,22H,3,5,8H2,1-2H3/b9-7+. The van der Waals surface area contributed by atoms with E-state index in [4.69, 9.17) is 4.74 Å². The van der Waals surface area contributed by atoms with E-state index in [0.29, 0.717) is 29.1 Å². The molecule has 2 heterocycles. The summed E-state index contributed by atoms with van der Waals surface area (Å²) in [7, 11) is -2.38. The van der Waals surface area contributed by atoms with E-state index in [0.717, 1.165) is 17.8 Å². The molecule has 0 spiro atoms. The molecule has 3 rings (SSSR count). The van der Waals surface area contributed by atoms with Crippen molar-refractivity contribution in [1.82, 2.24) is 4.90 Å². The number of phenols is 1. The van der Waals surface area contributed by atoms with Gasteiger partial charge in [-0.05, 0) is 30.2 Å². The Morgan fingerprint density at radius 2 is 2.21 bits per heavy atom. The maximum atomic E-state index is 12.7. The number of hydrogen-bond acceptors (Lipinski definition) is 7. The molecule has 10 heteroatoms. The predicted molar refractivity (Wildman–Crippen MR) is 112 cm³/mol. The molecule has 7 nitrogen and oxygen atoms in total. The molecule has 0 saturated carbocycles. The Morgan fingerprint density at radius 1 is 1.43 bits per heavy atom. The Balaban J connectivity index is 2.05. The zero-order valence-electron chi connectivity index (χ0n) is 15.3. The summed E-state index contributed by atoms with van der Waals surface area (Å²) in [5, 5.41) is 12.3. The summed E-state index contributed by atoms with van der Waals surface area (Å²) < 4.78 is 33.3. The Kier molecular flexibility index (Phi) is 6.21. The maximum Gasteiger partial charge on any atom is 0.271 e. The van der Waals surface area contributed by atoms with Gasteiger partial charge in [-0.15, -0.1) is 23.1 Å². The van der Waals surface area contributed by atoms with Gasteiger partial charge in [-0.2, -0.15) is 0 Å². The number of carbonyl (C=O) groups is 1. The van der Waals surface area contributed by atoms with E-state index in [2.05, 4.69) is 4.72 Å². The van der Waals surface area contributed by atoms with Crippen molar-refractivity contribution in [2.45, 2.75) is 21.9 Å². The van der Waals surface area contributed by atoms with E-state index >= 15 is 0 Å². The number of likely N-dealkylation sites (tertiary alicyclic amines) is 1. The van der Waals surface area contributed by atoms with Crippen LogP contribution >= 0.6 is 23.1 Å². The second-order valence-electron chi connectivity index (χ2n) is 5.97. The number of hydrogen-bond donors (Lipinski definition) is 2. The van der Waals surface area contributed by atoms with Crippen LogP contribution < -0.4 is 9.46 Å². The Labute approximate surface area is 172 Å². The van der Waals surface area contributed by atoms with Crippen LogP contribution in [0.5, 0.6) is 11.5 Å². The number of carbonyl (C=O) groups excluding carboxylic acids is 1. The van der Waals surface area contributed by atoms with Crippen molar-refractivity contribution in [1.29, 1.82) is 0 Å². The first-order valence-corrected chi connectivity index (χ1v) is 12.0. The lowest BCUT2D eigenvalue weighted by Gasteiger charge is -2.17. The van der Waals surface area contributed by atoms with Crippen LogP contribution in [-0.4, -0.2) is 44.2 Å². The SMILES string of the molecule is COc1cc(NS(=O)(=O)c2cccs2)c(SC)c(/C=C/N2CCCC2=O)c1O. The summed E-state index contributed by atoms with van der Waals surface area (Å²) in [5.74, 6) is 0.0332. The molecule has 1 fully saturated rings. The molecule has 1 aromatic heterocycles. The lowest BCUT2D eigenvalue weighted by Crippen LogP contribution is -2.17. The monoisotopic (exact) mass is 440 g/mol. The van der Waals surface area contributed by atoms with Crippen LogP contribution in [0.15, 0.2) is 38.9 Å². The quantitative estimate of drug-likeness (QED) is 0.505. The molecule has 28 heavy (non-hydrogen) atoms. The van der Waals surface area contributed by atoms with Gasteiger partial charge in [-0.3, -0.25) is 9.52 Å². The van der Waals surface area contributed by atoms with Crippen molar-refractivity contribution in [3.63, 3.8) is 0 Å². The number of methoxy groups -OCH3 is 1. The highest BCUT2D eigenvalue weighted by molar-refractivity contribution is 7.99. The summed E-state index contributed by atoms with van der Waals surface area (Å²) in [6.07, 6.45) is 6.28. The Bertz CT molecular complexity index is 1000. The lowest BCUT2D eigenvalue weighted by molar-refractivity contribution is -0.125. The zero-order valence-corrected chi connectivity index (χ0v) is 17.8. The van der Waals surface area contributed by atoms with Crippen molar-refractivity contribution < 1.29 is 23.1 Å². The number of ether oxygens (including phenoxy) is 1. The molecule has 2 N–H and O–H groups in total. The third kappa shape index (κ3) is 4.13. The van der Waals surface area contributed by atoms with Crippen LogP contribution in [0.1, 0.15) is 18.4 Å². The molecule has 0 aliphatic carbocycles. The summed E-state index contributed by atoms with van der Waals surface area (Å²) in [6, 6.07) is 4.63. The number of anilines is 1. The molecule has 1 aromatic carbocycles. The molecule has 1 saturated heterocycles. The molecule has 150 valence electrons. The van der Waals surface area contributed by atoms with Gasteiger partial charge in [0.15, 0.2) is 11.5 Å². The first-order valence-electron chi connectivity index (χ1n) is 8.39. The highest BCUT2D eigenvalue weighted by Gasteiger charge is 2.23.